The molecule has 0 saturated carbocycles. The summed E-state index contributed by atoms with van der Waals surface area (Å²) in [4.78, 5) is 1.36. The van der Waals surface area contributed by atoms with Crippen molar-refractivity contribution in [1.29, 1.82) is 0 Å². The lowest BCUT2D eigenvalue weighted by Crippen LogP contribution is -2.53. The van der Waals surface area contributed by atoms with E-state index in [0.29, 0.717) is 17.0 Å². The Labute approximate surface area is 152 Å². The van der Waals surface area contributed by atoms with Gasteiger partial charge in [-0.3, -0.25) is 0 Å². The van der Waals surface area contributed by atoms with Crippen LogP contribution in [0, 0.1) is 5.92 Å². The van der Waals surface area contributed by atoms with Crippen LogP contribution in [-0.4, -0.2) is 14.4 Å². The summed E-state index contributed by atoms with van der Waals surface area (Å²) in [5.41, 5.74) is 5.52. The van der Waals surface area contributed by atoms with E-state index in [-0.39, 0.29) is 6.10 Å². The predicted molar refractivity (Wildman–Crippen MR) is 109 cm³/mol. The highest BCUT2D eigenvalue weighted by Crippen LogP contribution is 2.55. The number of allylic oxidation sites excluding steroid dienone is 2. The third-order valence-corrected chi connectivity index (χ3v) is 12.6. The molecule has 0 N–H and O–H groups in total. The molecule has 24 heavy (non-hydrogen) atoms. The lowest BCUT2D eigenvalue weighted by Gasteiger charge is -2.48. The Balaban J connectivity index is 2.09. The average Bonchev–Trinajstić information content (AvgIpc) is 3.13. The monoisotopic (exact) mass is 358 g/mol. The second-order valence-corrected chi connectivity index (χ2v) is 13.7. The lowest BCUT2D eigenvalue weighted by atomic mass is 9.94. The molecule has 1 aromatic heterocycles. The van der Waals surface area contributed by atoms with Gasteiger partial charge in [0.1, 0.15) is 0 Å². The van der Waals surface area contributed by atoms with Crippen LogP contribution in [0.3, 0.4) is 0 Å². The number of thiophene rings is 1. The maximum atomic E-state index is 7.00. The van der Waals surface area contributed by atoms with E-state index in [1.807, 2.05) is 17.4 Å². The Bertz CT molecular complexity index is 645. The predicted octanol–water partition coefficient (Wildman–Crippen LogP) is 6.82. The van der Waals surface area contributed by atoms with Gasteiger partial charge in [0.25, 0.3) is 0 Å². The molecule has 0 amide bonds. The molecule has 1 aliphatic heterocycles. The first kappa shape index (κ1) is 17.9. The Morgan fingerprint density at radius 2 is 2.04 bits per heavy atom. The normalized spacial score (nSPS) is 26.3. The molecule has 0 aromatic carbocycles. The molecule has 2 aliphatic rings. The summed E-state index contributed by atoms with van der Waals surface area (Å²) in [5.74, 6) is 0.629. The molecule has 3 rings (SSSR count). The lowest BCUT2D eigenvalue weighted by molar-refractivity contribution is 0.181. The van der Waals surface area contributed by atoms with Crippen molar-refractivity contribution in [3.8, 4) is 0 Å². The standard InChI is InChI=1S/C21H30OSSi/c1-7-9-18-21-17(13-24(22-18,14(2)3)15(4)5)12-16(6)20(21)19-10-8-11-23-19/h7-8,10-11,14-15,17-18H,1,6,9,12-13H2,2-5H3. The number of fused-ring (bicyclic) bond motifs is 1. The van der Waals surface area contributed by atoms with Gasteiger partial charge >= 0.3 is 0 Å². The SMILES string of the molecule is C=CCC1O[Si](C(C)C)(C(C)C)CC2CC(=C)C(c3cccs3)=C21. The van der Waals surface area contributed by atoms with Gasteiger partial charge in [0.15, 0.2) is 8.32 Å². The average molecular weight is 359 g/mol. The van der Waals surface area contributed by atoms with Gasteiger partial charge in [-0.2, -0.15) is 0 Å². The Morgan fingerprint density at radius 3 is 2.58 bits per heavy atom. The first-order chi connectivity index (χ1) is 11.4. The quantitative estimate of drug-likeness (QED) is 0.414. The molecular formula is C21H30OSSi. The van der Waals surface area contributed by atoms with Crippen molar-refractivity contribution in [2.75, 3.05) is 0 Å². The van der Waals surface area contributed by atoms with Gasteiger partial charge in [-0.1, -0.05) is 46.4 Å². The largest absolute Gasteiger partial charge is 0.409 e. The highest BCUT2D eigenvalue weighted by atomic mass is 32.1. The van der Waals surface area contributed by atoms with Crippen molar-refractivity contribution < 1.29 is 4.43 Å². The second kappa shape index (κ2) is 6.78. The van der Waals surface area contributed by atoms with Gasteiger partial charge in [0, 0.05) is 4.88 Å². The van der Waals surface area contributed by atoms with Gasteiger partial charge in [-0.05, 0) is 64.1 Å². The van der Waals surface area contributed by atoms with Crippen molar-refractivity contribution in [2.24, 2.45) is 5.92 Å². The fraction of sp³-hybridized carbons (Fsp3) is 0.524. The third kappa shape index (κ3) is 2.81. The Hall–Kier alpha value is -0.903. The number of rotatable bonds is 5. The molecule has 1 saturated heterocycles. The van der Waals surface area contributed by atoms with E-state index >= 15 is 0 Å². The molecule has 3 heteroatoms. The van der Waals surface area contributed by atoms with Crippen LogP contribution in [0.2, 0.25) is 17.1 Å². The summed E-state index contributed by atoms with van der Waals surface area (Å²) in [6.45, 7) is 17.9. The van der Waals surface area contributed by atoms with Crippen molar-refractivity contribution >= 4 is 25.2 Å². The first-order valence-electron chi connectivity index (χ1n) is 9.15. The summed E-state index contributed by atoms with van der Waals surface area (Å²) < 4.78 is 7.00. The number of hydrogen-bond acceptors (Lipinski definition) is 2. The van der Waals surface area contributed by atoms with E-state index in [1.165, 1.54) is 27.6 Å². The van der Waals surface area contributed by atoms with Crippen LogP contribution in [0.25, 0.3) is 5.57 Å². The zero-order chi connectivity index (χ0) is 17.5. The Kier molecular flexibility index (Phi) is 5.06. The molecular weight excluding hydrogens is 328 g/mol. The minimum Gasteiger partial charge on any atom is -0.409 e. The number of hydrogen-bond donors (Lipinski definition) is 0. The zero-order valence-corrected chi connectivity index (χ0v) is 17.3. The van der Waals surface area contributed by atoms with Crippen LogP contribution in [0.1, 0.15) is 45.4 Å². The smallest absolute Gasteiger partial charge is 0.199 e. The van der Waals surface area contributed by atoms with E-state index in [1.54, 1.807) is 0 Å². The summed E-state index contributed by atoms with van der Waals surface area (Å²) in [6.07, 6.45) is 4.28. The molecule has 1 nitrogen and oxygen atoms in total. The van der Waals surface area contributed by atoms with E-state index in [4.69, 9.17) is 4.43 Å². The van der Waals surface area contributed by atoms with Gasteiger partial charge in [0.05, 0.1) is 6.10 Å². The summed E-state index contributed by atoms with van der Waals surface area (Å²) in [5, 5.41) is 2.16. The van der Waals surface area contributed by atoms with Crippen LogP contribution in [0.5, 0.6) is 0 Å². The minimum absolute atomic E-state index is 0.203. The summed E-state index contributed by atoms with van der Waals surface area (Å²) in [6, 6.07) is 5.62. The van der Waals surface area contributed by atoms with Gasteiger partial charge in [-0.25, -0.2) is 0 Å². The molecule has 1 fully saturated rings. The Morgan fingerprint density at radius 1 is 1.33 bits per heavy atom. The fourth-order valence-electron chi connectivity index (χ4n) is 4.76. The first-order valence-corrected chi connectivity index (χ1v) is 12.3. The molecule has 0 bridgehead atoms. The molecule has 1 aromatic rings. The van der Waals surface area contributed by atoms with E-state index < -0.39 is 8.32 Å². The molecule has 2 atom stereocenters. The fourth-order valence-corrected chi connectivity index (χ4v) is 10.4. The van der Waals surface area contributed by atoms with Crippen LogP contribution >= 0.6 is 11.3 Å². The molecule has 130 valence electrons. The van der Waals surface area contributed by atoms with Gasteiger partial charge < -0.3 is 4.43 Å². The van der Waals surface area contributed by atoms with Gasteiger partial charge in [0.2, 0.25) is 0 Å². The molecule has 2 unspecified atom stereocenters. The van der Waals surface area contributed by atoms with Crippen molar-refractivity contribution in [3.63, 3.8) is 0 Å². The molecule has 1 aliphatic carbocycles. The van der Waals surface area contributed by atoms with E-state index in [2.05, 4.69) is 58.4 Å². The highest BCUT2D eigenvalue weighted by Gasteiger charge is 2.52. The van der Waals surface area contributed by atoms with Crippen LogP contribution in [0.4, 0.5) is 0 Å². The van der Waals surface area contributed by atoms with Crippen molar-refractivity contribution in [1.82, 2.24) is 0 Å². The topological polar surface area (TPSA) is 9.23 Å². The molecule has 0 radical (unpaired) electrons. The zero-order valence-electron chi connectivity index (χ0n) is 15.5. The minimum atomic E-state index is -1.79. The van der Waals surface area contributed by atoms with E-state index in [9.17, 15) is 0 Å². The van der Waals surface area contributed by atoms with Crippen LogP contribution in [0.15, 0.2) is 47.9 Å². The summed E-state index contributed by atoms with van der Waals surface area (Å²) >= 11 is 1.82. The highest BCUT2D eigenvalue weighted by molar-refractivity contribution is 7.11. The van der Waals surface area contributed by atoms with Gasteiger partial charge in [-0.15, -0.1) is 17.9 Å². The van der Waals surface area contributed by atoms with Crippen LogP contribution < -0.4 is 0 Å². The summed E-state index contributed by atoms with van der Waals surface area (Å²) in [7, 11) is -1.79. The van der Waals surface area contributed by atoms with Crippen molar-refractivity contribution in [3.05, 3.63) is 52.8 Å². The second-order valence-electron chi connectivity index (χ2n) is 7.91. The maximum Gasteiger partial charge on any atom is 0.199 e. The maximum absolute atomic E-state index is 7.00. The molecule has 2 heterocycles. The van der Waals surface area contributed by atoms with Crippen LogP contribution in [-0.2, 0) is 4.43 Å². The van der Waals surface area contributed by atoms with E-state index in [0.717, 1.165) is 12.8 Å². The molecule has 0 spiro atoms. The van der Waals surface area contributed by atoms with Crippen molar-refractivity contribution in [2.45, 2.75) is 63.8 Å². The third-order valence-electron chi connectivity index (χ3n) is 5.95.